The Morgan fingerprint density at radius 3 is 1.33 bits per heavy atom. The highest BCUT2D eigenvalue weighted by atomic mass is 32.2. The zero-order valence-electron chi connectivity index (χ0n) is 49.1. The number of ether oxygens (including phenoxy) is 10. The van der Waals surface area contributed by atoms with E-state index in [1.165, 1.54) is 23.5 Å². The molecule has 0 saturated heterocycles. The fourth-order valence-electron chi connectivity index (χ4n) is 10.9. The first-order chi connectivity index (χ1) is 41.5. The summed E-state index contributed by atoms with van der Waals surface area (Å²) in [7, 11) is 0. The molecule has 4 fully saturated rings. The number of anilines is 1. The van der Waals surface area contributed by atoms with Gasteiger partial charge in [0.1, 0.15) is 36.0 Å². The normalized spacial score (nSPS) is 23.3. The summed E-state index contributed by atoms with van der Waals surface area (Å²) in [5.74, 6) is -6.04. The van der Waals surface area contributed by atoms with Gasteiger partial charge >= 0.3 is 53.7 Å². The quantitative estimate of drug-likeness (QED) is 0.0200. The number of thioether (sulfide) groups is 2. The van der Waals surface area contributed by atoms with Gasteiger partial charge in [-0.15, -0.1) is 0 Å². The lowest BCUT2D eigenvalue weighted by Gasteiger charge is -2.30. The van der Waals surface area contributed by atoms with Crippen molar-refractivity contribution in [1.29, 1.82) is 0 Å². The molecule has 0 bridgehead atoms. The average Bonchev–Trinajstić information content (AvgIpc) is 2.16. The van der Waals surface area contributed by atoms with Crippen LogP contribution in [0.4, 0.5) is 5.69 Å². The lowest BCUT2D eigenvalue weighted by atomic mass is 9.82. The van der Waals surface area contributed by atoms with Crippen molar-refractivity contribution in [2.24, 2.45) is 41.2 Å². The fraction of sp³-hybridized carbons (Fsp3) is 0.571. The molecule has 0 radical (unpaired) electrons. The number of fused-ring (bicyclic) bond motifs is 1. The molecule has 86 heavy (non-hydrogen) atoms. The number of nitrogens with one attached hydrogen (secondary N) is 1. The van der Waals surface area contributed by atoms with E-state index >= 15 is 0 Å². The fourth-order valence-corrected chi connectivity index (χ4v) is 13.8. The summed E-state index contributed by atoms with van der Waals surface area (Å²) in [5.41, 5.74) is 6.36. The molecule has 4 aliphatic carbocycles. The molecule has 1 atom stereocenters. The highest BCUT2D eigenvalue weighted by Crippen LogP contribution is 2.60. The van der Waals surface area contributed by atoms with E-state index in [2.05, 4.69) is 18.5 Å². The van der Waals surface area contributed by atoms with Crippen molar-refractivity contribution in [2.45, 2.75) is 157 Å². The van der Waals surface area contributed by atoms with Gasteiger partial charge in [-0.2, -0.15) is 0 Å². The maximum atomic E-state index is 14.1. The smallest absolute Gasteiger partial charge is 0.330 e. The molecule has 2 aromatic carbocycles. The first-order valence-corrected chi connectivity index (χ1v) is 31.5. The number of carbonyl (C=O) groups excluding carboxylic acids is 9. The predicted molar refractivity (Wildman–Crippen MR) is 315 cm³/mol. The first-order valence-electron chi connectivity index (χ1n) is 29.8. The van der Waals surface area contributed by atoms with E-state index < -0.39 is 59.4 Å². The lowest BCUT2D eigenvalue weighted by Crippen LogP contribution is -2.49. The molecule has 23 heteroatoms. The van der Waals surface area contributed by atoms with Crippen LogP contribution in [0.1, 0.15) is 129 Å². The summed E-state index contributed by atoms with van der Waals surface area (Å²) < 4.78 is 57.0. The summed E-state index contributed by atoms with van der Waals surface area (Å²) in [5, 5.41) is 3.19. The molecule has 468 valence electrons. The van der Waals surface area contributed by atoms with Gasteiger partial charge in [0.25, 0.3) is 0 Å². The lowest BCUT2D eigenvalue weighted by molar-refractivity contribution is -0.161. The van der Waals surface area contributed by atoms with Gasteiger partial charge in [0.15, 0.2) is 0 Å². The maximum absolute atomic E-state index is 14.1. The SMILES string of the molecule is C=CC(=O)OCCCOC(=O)C1CCC(C(=O)OC2CCC(C(=O)Oc3ccc(OC(=O)C4CCC(OC(=O)C5CCC(C(=O)OCCCOC(=O)C=C)CC5)CC4)c4c3SC(=C(COCNc3ccccc3)C(C)(N)C(=O)OCC)S4)CC2)CC1. The van der Waals surface area contributed by atoms with Crippen molar-refractivity contribution in [3.8, 4) is 11.5 Å². The summed E-state index contributed by atoms with van der Waals surface area (Å²) in [6.07, 6.45) is 9.33. The van der Waals surface area contributed by atoms with Crippen molar-refractivity contribution in [3.63, 3.8) is 0 Å². The Labute approximate surface area is 510 Å². The Bertz CT molecular complexity index is 2610. The van der Waals surface area contributed by atoms with E-state index in [1.54, 1.807) is 26.0 Å². The van der Waals surface area contributed by atoms with Gasteiger partial charge in [-0.1, -0.05) is 54.9 Å². The van der Waals surface area contributed by atoms with E-state index in [0.717, 1.165) is 17.8 Å². The zero-order valence-corrected chi connectivity index (χ0v) is 50.7. The van der Waals surface area contributed by atoms with Crippen LogP contribution in [0.15, 0.2) is 87.4 Å². The summed E-state index contributed by atoms with van der Waals surface area (Å²) in [4.78, 5) is 117. The van der Waals surface area contributed by atoms with E-state index in [0.29, 0.717) is 135 Å². The molecule has 3 N–H and O–H groups in total. The third-order valence-corrected chi connectivity index (χ3v) is 18.8. The second-order valence-electron chi connectivity index (χ2n) is 22.2. The summed E-state index contributed by atoms with van der Waals surface area (Å²) in [6, 6.07) is 12.6. The number of para-hydroxylation sites is 1. The number of benzene rings is 2. The van der Waals surface area contributed by atoms with Crippen LogP contribution in [0.3, 0.4) is 0 Å². The summed E-state index contributed by atoms with van der Waals surface area (Å²) >= 11 is 2.41. The van der Waals surface area contributed by atoms with Crippen LogP contribution in [0.2, 0.25) is 0 Å². The second kappa shape index (κ2) is 33.4. The number of hydrogen-bond donors (Lipinski definition) is 2. The van der Waals surface area contributed by atoms with Crippen molar-refractivity contribution in [3.05, 3.63) is 77.6 Å². The first kappa shape index (κ1) is 66.8. The van der Waals surface area contributed by atoms with E-state index in [9.17, 15) is 43.2 Å². The molecule has 1 aliphatic heterocycles. The zero-order chi connectivity index (χ0) is 61.6. The second-order valence-corrected chi connectivity index (χ2v) is 24.5. The molecule has 1 unspecified atom stereocenters. The molecule has 21 nitrogen and oxygen atoms in total. The number of esters is 9. The average molecular weight is 1230 g/mol. The Hall–Kier alpha value is -6.69. The molecule has 0 amide bonds. The van der Waals surface area contributed by atoms with Gasteiger partial charge in [-0.3, -0.25) is 28.8 Å². The molecular formula is C63H80N2O19S2. The molecule has 2 aromatic rings. The number of rotatable bonds is 28. The predicted octanol–water partition coefficient (Wildman–Crippen LogP) is 9.42. The van der Waals surface area contributed by atoms with Gasteiger partial charge < -0.3 is 58.4 Å². The molecule has 0 aromatic heterocycles. The van der Waals surface area contributed by atoms with E-state index in [1.807, 2.05) is 30.3 Å². The third-order valence-electron chi connectivity index (χ3n) is 16.1. The van der Waals surface area contributed by atoms with Crippen LogP contribution in [0, 0.1) is 35.5 Å². The van der Waals surface area contributed by atoms with Gasteiger partial charge in [0.2, 0.25) is 0 Å². The Morgan fingerprint density at radius 1 is 0.535 bits per heavy atom. The maximum Gasteiger partial charge on any atom is 0.330 e. The van der Waals surface area contributed by atoms with Crippen LogP contribution in [-0.2, 0) is 81.0 Å². The highest BCUT2D eigenvalue weighted by Gasteiger charge is 2.42. The Morgan fingerprint density at radius 2 is 0.919 bits per heavy atom. The minimum Gasteiger partial charge on any atom is -0.465 e. The van der Waals surface area contributed by atoms with Crippen molar-refractivity contribution in [2.75, 3.05) is 51.7 Å². The van der Waals surface area contributed by atoms with Gasteiger partial charge in [0, 0.05) is 36.3 Å². The molecular weight excluding hydrogens is 1150 g/mol. The Kier molecular flexibility index (Phi) is 26.0. The number of nitrogens with two attached hydrogens (primary N) is 1. The highest BCUT2D eigenvalue weighted by molar-refractivity contribution is 8.24. The molecule has 5 aliphatic rings. The van der Waals surface area contributed by atoms with Crippen LogP contribution >= 0.6 is 23.5 Å². The van der Waals surface area contributed by atoms with Crippen LogP contribution in [0.25, 0.3) is 0 Å². The minimum atomic E-state index is -1.68. The van der Waals surface area contributed by atoms with E-state index in [-0.39, 0.29) is 105 Å². The van der Waals surface area contributed by atoms with Crippen LogP contribution < -0.4 is 20.5 Å². The van der Waals surface area contributed by atoms with Gasteiger partial charge in [-0.25, -0.2) is 14.4 Å². The number of carbonyl (C=O) groups is 9. The minimum absolute atomic E-state index is 0.0666. The monoisotopic (exact) mass is 1230 g/mol. The Balaban J connectivity index is 0.951. The van der Waals surface area contributed by atoms with Gasteiger partial charge in [0.05, 0.1) is 89.2 Å². The largest absolute Gasteiger partial charge is 0.465 e. The van der Waals surface area contributed by atoms with Crippen molar-refractivity contribution >= 4 is 82.9 Å². The molecule has 1 heterocycles. The molecule has 0 spiro atoms. The van der Waals surface area contributed by atoms with Crippen LogP contribution in [-0.4, -0.2) is 118 Å². The molecule has 7 rings (SSSR count). The molecule has 4 saturated carbocycles. The van der Waals surface area contributed by atoms with Gasteiger partial charge in [-0.05, 0) is 141 Å². The number of hydrogen-bond acceptors (Lipinski definition) is 23. The van der Waals surface area contributed by atoms with E-state index in [4.69, 9.17) is 53.1 Å². The summed E-state index contributed by atoms with van der Waals surface area (Å²) in [6.45, 7) is 10.4. The standard InChI is InChI=1S/C63H80N2O19S2/c1-5-51(66)77-33-11-35-79-55(68)39-15-19-41(20-16-39)57(70)81-46-27-23-43(24-28-46)59(72)83-49-31-32-50(54-53(49)85-61(86-54)48(63(4,64)62(74)76-7-3)37-75-38-65-45-13-9-8-10-14-45)84-60(73)44-25-29-47(30-26-44)82-58(71)42-21-17-40(18-22-42)56(69)80-36-12-34-78-52(67)6-2/h5-6,8-10,13-14,31-32,39-44,46-47,65H,1-2,7,11-12,15-30,33-38,64H2,3-4H3. The van der Waals surface area contributed by atoms with Crippen molar-refractivity contribution in [1.82, 2.24) is 0 Å². The third kappa shape index (κ3) is 19.4. The van der Waals surface area contributed by atoms with Crippen molar-refractivity contribution < 1.29 is 90.5 Å². The van der Waals surface area contributed by atoms with Crippen LogP contribution in [0.5, 0.6) is 11.5 Å². The topological polar surface area (TPSA) is 284 Å².